The highest BCUT2D eigenvalue weighted by atomic mass is 32.2. The summed E-state index contributed by atoms with van der Waals surface area (Å²) in [4.78, 5) is 7.16. The predicted molar refractivity (Wildman–Crippen MR) is 56.7 cm³/mol. The van der Waals surface area contributed by atoms with Gasteiger partial charge in [-0.05, 0) is 5.41 Å². The molecular formula is C9H17N3S. The van der Waals surface area contributed by atoms with Crippen molar-refractivity contribution in [3.05, 3.63) is 12.4 Å². The van der Waals surface area contributed by atoms with Crippen LogP contribution in [0.15, 0.2) is 17.6 Å². The van der Waals surface area contributed by atoms with E-state index in [1.807, 2.05) is 6.20 Å². The normalized spacial score (nSPS) is 14.5. The van der Waals surface area contributed by atoms with Gasteiger partial charge in [-0.2, -0.15) is 0 Å². The summed E-state index contributed by atoms with van der Waals surface area (Å²) in [5.74, 6) is 0.900. The molecule has 0 aromatic carbocycles. The average molecular weight is 199 g/mol. The molecule has 0 radical (unpaired) electrons. The number of hydrogen-bond acceptors (Lipinski definition) is 3. The Labute approximate surface area is 83.5 Å². The van der Waals surface area contributed by atoms with E-state index in [2.05, 4.69) is 30.7 Å². The fraction of sp³-hybridized carbons (Fsp3) is 0.667. The van der Waals surface area contributed by atoms with Gasteiger partial charge < -0.3 is 10.7 Å². The van der Waals surface area contributed by atoms with E-state index in [1.165, 1.54) is 0 Å². The summed E-state index contributed by atoms with van der Waals surface area (Å²) in [5, 5.41) is 0.944. The van der Waals surface area contributed by atoms with E-state index in [0.29, 0.717) is 0 Å². The lowest BCUT2D eigenvalue weighted by molar-refractivity contribution is 0.344. The second kappa shape index (κ2) is 4.15. The third kappa shape index (κ3) is 3.40. The van der Waals surface area contributed by atoms with E-state index in [-0.39, 0.29) is 11.5 Å². The number of aromatic amines is 1. The molecule has 3 N–H and O–H groups in total. The molecule has 0 spiro atoms. The molecule has 1 unspecified atom stereocenters. The number of H-pyrrole nitrogens is 1. The lowest BCUT2D eigenvalue weighted by Gasteiger charge is -2.26. The Balaban J connectivity index is 2.35. The molecule has 0 aliphatic rings. The summed E-state index contributed by atoms with van der Waals surface area (Å²) >= 11 is 1.67. The van der Waals surface area contributed by atoms with Crippen molar-refractivity contribution >= 4 is 11.8 Å². The van der Waals surface area contributed by atoms with Gasteiger partial charge in [-0.25, -0.2) is 4.98 Å². The molecule has 0 bridgehead atoms. The first kappa shape index (κ1) is 10.6. The van der Waals surface area contributed by atoms with Crippen molar-refractivity contribution in [1.82, 2.24) is 9.97 Å². The van der Waals surface area contributed by atoms with Crippen LogP contribution >= 0.6 is 11.8 Å². The van der Waals surface area contributed by atoms with E-state index < -0.39 is 0 Å². The third-order valence-corrected chi connectivity index (χ3v) is 3.01. The van der Waals surface area contributed by atoms with E-state index in [4.69, 9.17) is 5.73 Å². The number of thioether (sulfide) groups is 1. The van der Waals surface area contributed by atoms with Gasteiger partial charge in [0.25, 0.3) is 0 Å². The molecule has 0 fully saturated rings. The van der Waals surface area contributed by atoms with Gasteiger partial charge in [0.1, 0.15) is 0 Å². The summed E-state index contributed by atoms with van der Waals surface area (Å²) in [6.07, 6.45) is 3.58. The van der Waals surface area contributed by atoms with Crippen molar-refractivity contribution in [2.75, 3.05) is 5.75 Å². The first-order valence-corrected chi connectivity index (χ1v) is 5.36. The molecule has 0 saturated carbocycles. The molecule has 1 aromatic rings. The minimum atomic E-state index is 0.166. The van der Waals surface area contributed by atoms with Crippen LogP contribution in [-0.2, 0) is 0 Å². The van der Waals surface area contributed by atoms with Crippen LogP contribution in [0.5, 0.6) is 0 Å². The van der Waals surface area contributed by atoms with Gasteiger partial charge in [0.15, 0.2) is 5.16 Å². The van der Waals surface area contributed by atoms with Crippen LogP contribution in [0.4, 0.5) is 0 Å². The second-order valence-corrected chi connectivity index (χ2v) is 5.19. The Hall–Kier alpha value is -0.480. The molecule has 0 aliphatic carbocycles. The fourth-order valence-electron chi connectivity index (χ4n) is 0.748. The van der Waals surface area contributed by atoms with Gasteiger partial charge in [0.05, 0.1) is 0 Å². The quantitative estimate of drug-likeness (QED) is 0.731. The van der Waals surface area contributed by atoms with Crippen LogP contribution in [-0.4, -0.2) is 21.8 Å². The predicted octanol–water partition coefficient (Wildman–Crippen LogP) is 1.88. The van der Waals surface area contributed by atoms with Gasteiger partial charge in [-0.3, -0.25) is 0 Å². The largest absolute Gasteiger partial charge is 0.340 e. The molecule has 1 heterocycles. The molecule has 1 atom stereocenters. The molecule has 74 valence electrons. The molecule has 13 heavy (non-hydrogen) atoms. The van der Waals surface area contributed by atoms with Crippen LogP contribution in [0.1, 0.15) is 20.8 Å². The van der Waals surface area contributed by atoms with Crippen molar-refractivity contribution < 1.29 is 0 Å². The van der Waals surface area contributed by atoms with Crippen LogP contribution in [0, 0.1) is 5.41 Å². The standard InChI is InChI=1S/C9H17N3S/c1-9(2,3)7(10)6-13-8-11-4-5-12-8/h4-5,7H,6,10H2,1-3H3,(H,11,12). The van der Waals surface area contributed by atoms with Crippen molar-refractivity contribution in [3.63, 3.8) is 0 Å². The lowest BCUT2D eigenvalue weighted by Crippen LogP contribution is -2.37. The van der Waals surface area contributed by atoms with Crippen LogP contribution in [0.25, 0.3) is 0 Å². The fourth-order valence-corrected chi connectivity index (χ4v) is 1.87. The Morgan fingerprint density at radius 3 is 2.77 bits per heavy atom. The summed E-state index contributed by atoms with van der Waals surface area (Å²) in [5.41, 5.74) is 6.17. The van der Waals surface area contributed by atoms with Crippen LogP contribution < -0.4 is 5.73 Å². The highest BCUT2D eigenvalue weighted by Crippen LogP contribution is 2.22. The minimum absolute atomic E-state index is 0.166. The Bertz CT molecular complexity index is 238. The second-order valence-electron chi connectivity index (χ2n) is 4.18. The highest BCUT2D eigenvalue weighted by molar-refractivity contribution is 7.99. The molecule has 1 rings (SSSR count). The van der Waals surface area contributed by atoms with E-state index in [1.54, 1.807) is 18.0 Å². The zero-order valence-corrected chi connectivity index (χ0v) is 9.19. The van der Waals surface area contributed by atoms with Crippen molar-refractivity contribution in [2.45, 2.75) is 32.0 Å². The number of aromatic nitrogens is 2. The maximum absolute atomic E-state index is 6.00. The van der Waals surface area contributed by atoms with Gasteiger partial charge in [0, 0.05) is 24.2 Å². The minimum Gasteiger partial charge on any atom is -0.340 e. The Morgan fingerprint density at radius 2 is 2.31 bits per heavy atom. The van der Waals surface area contributed by atoms with Crippen molar-refractivity contribution in [1.29, 1.82) is 0 Å². The third-order valence-electron chi connectivity index (χ3n) is 1.99. The molecule has 0 saturated heterocycles. The summed E-state index contributed by atoms with van der Waals surface area (Å²) in [6, 6.07) is 0.197. The van der Waals surface area contributed by atoms with Crippen molar-refractivity contribution in [3.8, 4) is 0 Å². The zero-order chi connectivity index (χ0) is 9.90. The maximum atomic E-state index is 6.00. The number of nitrogens with one attached hydrogen (secondary N) is 1. The van der Waals surface area contributed by atoms with Crippen LogP contribution in [0.3, 0.4) is 0 Å². The first-order chi connectivity index (χ1) is 6.00. The number of nitrogens with two attached hydrogens (primary N) is 1. The number of hydrogen-bond donors (Lipinski definition) is 2. The average Bonchev–Trinajstić information content (AvgIpc) is 2.50. The summed E-state index contributed by atoms with van der Waals surface area (Å²) in [6.45, 7) is 6.46. The van der Waals surface area contributed by atoms with Crippen LogP contribution in [0.2, 0.25) is 0 Å². The molecule has 3 nitrogen and oxygen atoms in total. The van der Waals surface area contributed by atoms with E-state index in [9.17, 15) is 0 Å². The van der Waals surface area contributed by atoms with Crippen molar-refractivity contribution in [2.24, 2.45) is 11.1 Å². The topological polar surface area (TPSA) is 54.7 Å². The number of nitrogens with zero attached hydrogens (tertiary/aromatic N) is 1. The molecule has 1 aromatic heterocycles. The van der Waals surface area contributed by atoms with E-state index in [0.717, 1.165) is 10.9 Å². The van der Waals surface area contributed by atoms with Gasteiger partial charge >= 0.3 is 0 Å². The summed E-state index contributed by atoms with van der Waals surface area (Å²) in [7, 11) is 0. The monoisotopic (exact) mass is 199 g/mol. The molecule has 0 amide bonds. The molecule has 4 heteroatoms. The Kier molecular flexibility index (Phi) is 3.39. The lowest BCUT2D eigenvalue weighted by atomic mass is 9.89. The number of imidazole rings is 1. The smallest absolute Gasteiger partial charge is 0.165 e. The van der Waals surface area contributed by atoms with Gasteiger partial charge in [0.2, 0.25) is 0 Å². The molecule has 0 aliphatic heterocycles. The van der Waals surface area contributed by atoms with Gasteiger partial charge in [-0.15, -0.1) is 0 Å². The van der Waals surface area contributed by atoms with E-state index >= 15 is 0 Å². The Morgan fingerprint density at radius 1 is 1.62 bits per heavy atom. The van der Waals surface area contributed by atoms with Gasteiger partial charge in [-0.1, -0.05) is 32.5 Å². The number of rotatable bonds is 3. The zero-order valence-electron chi connectivity index (χ0n) is 8.37. The maximum Gasteiger partial charge on any atom is 0.165 e. The molecular weight excluding hydrogens is 182 g/mol. The highest BCUT2D eigenvalue weighted by Gasteiger charge is 2.20. The first-order valence-electron chi connectivity index (χ1n) is 4.38. The SMILES string of the molecule is CC(C)(C)C(N)CSc1ncc[nH]1. The summed E-state index contributed by atoms with van der Waals surface area (Å²) < 4.78 is 0.